The number of hydrogen-bond donors (Lipinski definition) is 0. The molecule has 2 aliphatic rings. The van der Waals surface area contributed by atoms with Crippen LogP contribution in [0.25, 0.3) is 0 Å². The summed E-state index contributed by atoms with van der Waals surface area (Å²) in [6.45, 7) is 9.50. The van der Waals surface area contributed by atoms with Gasteiger partial charge in [0.1, 0.15) is 0 Å². The third-order valence-electron chi connectivity index (χ3n) is 5.47. The van der Waals surface area contributed by atoms with E-state index in [1.165, 1.54) is 64.2 Å². The summed E-state index contributed by atoms with van der Waals surface area (Å²) in [4.78, 5) is 26.1. The highest BCUT2D eigenvalue weighted by Gasteiger charge is 2.19. The van der Waals surface area contributed by atoms with Crippen molar-refractivity contribution in [2.24, 2.45) is 0 Å². The summed E-state index contributed by atoms with van der Waals surface area (Å²) in [5.74, 6) is 0.654. The highest BCUT2D eigenvalue weighted by Crippen LogP contribution is 2.13. The number of likely N-dealkylation sites (tertiary alicyclic amines) is 2. The van der Waals surface area contributed by atoms with Crippen molar-refractivity contribution in [2.75, 3.05) is 26.2 Å². The SMILES string of the molecule is C=CCN1CCCC1=O.CCCCCCCCCCCCN1CCCC1=O. The Kier molecular flexibility index (Phi) is 13.8. The lowest BCUT2D eigenvalue weighted by molar-refractivity contribution is -0.128. The maximum absolute atomic E-state index is 11.4. The molecule has 0 aromatic rings. The number of carbonyl (C=O) groups excluding carboxylic acids is 2. The second-order valence-electron chi connectivity index (χ2n) is 7.90. The van der Waals surface area contributed by atoms with E-state index in [1.54, 1.807) is 6.08 Å². The standard InChI is InChI=1S/C16H31NO.C7H11NO/c1-2-3-4-5-6-7-8-9-10-11-14-17-15-12-13-16(17)18;1-2-5-8-6-3-4-7(8)9/h2-15H2,1H3;2H,1,3-6H2. The molecule has 4 nitrogen and oxygen atoms in total. The summed E-state index contributed by atoms with van der Waals surface area (Å²) in [6.07, 6.45) is 19.1. The molecule has 0 N–H and O–H groups in total. The van der Waals surface area contributed by atoms with E-state index in [2.05, 4.69) is 13.5 Å². The number of amides is 2. The molecule has 0 saturated carbocycles. The van der Waals surface area contributed by atoms with Crippen LogP contribution in [0.4, 0.5) is 0 Å². The van der Waals surface area contributed by atoms with Crippen molar-refractivity contribution in [1.29, 1.82) is 0 Å². The van der Waals surface area contributed by atoms with Crippen LogP contribution in [0.1, 0.15) is 96.8 Å². The first-order valence-corrected chi connectivity index (χ1v) is 11.4. The fourth-order valence-corrected chi connectivity index (χ4v) is 3.78. The maximum atomic E-state index is 11.4. The number of carbonyl (C=O) groups is 2. The van der Waals surface area contributed by atoms with Crippen LogP contribution < -0.4 is 0 Å². The lowest BCUT2D eigenvalue weighted by Crippen LogP contribution is -2.25. The first kappa shape index (κ1) is 23.7. The van der Waals surface area contributed by atoms with Crippen molar-refractivity contribution in [2.45, 2.75) is 96.8 Å². The van der Waals surface area contributed by atoms with Crippen molar-refractivity contribution in [3.63, 3.8) is 0 Å². The van der Waals surface area contributed by atoms with E-state index in [9.17, 15) is 9.59 Å². The Morgan fingerprint density at radius 2 is 1.26 bits per heavy atom. The molecule has 2 aliphatic heterocycles. The summed E-state index contributed by atoms with van der Waals surface area (Å²) in [7, 11) is 0. The quantitative estimate of drug-likeness (QED) is 0.321. The minimum atomic E-state index is 0.273. The average molecular weight is 379 g/mol. The van der Waals surface area contributed by atoms with Gasteiger partial charge in [0.2, 0.25) is 11.8 Å². The molecule has 2 heterocycles. The van der Waals surface area contributed by atoms with Crippen LogP contribution in [0.2, 0.25) is 0 Å². The molecule has 0 aromatic heterocycles. The van der Waals surface area contributed by atoms with Crippen LogP contribution in [0, 0.1) is 0 Å². The molecule has 0 atom stereocenters. The molecule has 0 aliphatic carbocycles. The molecule has 0 spiro atoms. The number of rotatable bonds is 13. The molecule has 4 heteroatoms. The van der Waals surface area contributed by atoms with Crippen molar-refractivity contribution in [3.8, 4) is 0 Å². The van der Waals surface area contributed by atoms with Gasteiger partial charge in [-0.25, -0.2) is 0 Å². The Balaban J connectivity index is 0.000000337. The first-order valence-electron chi connectivity index (χ1n) is 11.4. The Hall–Kier alpha value is -1.32. The smallest absolute Gasteiger partial charge is 0.222 e. The van der Waals surface area contributed by atoms with Crippen molar-refractivity contribution in [3.05, 3.63) is 12.7 Å². The van der Waals surface area contributed by atoms with Crippen molar-refractivity contribution < 1.29 is 9.59 Å². The molecular formula is C23H42N2O2. The predicted molar refractivity (Wildman–Crippen MR) is 114 cm³/mol. The zero-order valence-corrected chi connectivity index (χ0v) is 17.7. The molecule has 156 valence electrons. The van der Waals surface area contributed by atoms with Gasteiger partial charge >= 0.3 is 0 Å². The second kappa shape index (κ2) is 15.7. The Labute approximate surface area is 167 Å². The Bertz CT molecular complexity index is 423. The highest BCUT2D eigenvalue weighted by molar-refractivity contribution is 5.78. The fourth-order valence-electron chi connectivity index (χ4n) is 3.78. The molecule has 2 rings (SSSR count). The Morgan fingerprint density at radius 1 is 0.778 bits per heavy atom. The van der Waals surface area contributed by atoms with Crippen LogP contribution >= 0.6 is 0 Å². The molecule has 0 aromatic carbocycles. The lowest BCUT2D eigenvalue weighted by Gasteiger charge is -2.14. The molecule has 0 radical (unpaired) electrons. The van der Waals surface area contributed by atoms with E-state index < -0.39 is 0 Å². The van der Waals surface area contributed by atoms with E-state index in [0.29, 0.717) is 5.91 Å². The minimum Gasteiger partial charge on any atom is -0.343 e. The third-order valence-corrected chi connectivity index (χ3v) is 5.47. The van der Waals surface area contributed by atoms with Gasteiger partial charge in [-0.3, -0.25) is 9.59 Å². The molecular weight excluding hydrogens is 336 g/mol. The van der Waals surface area contributed by atoms with Gasteiger partial charge in [0, 0.05) is 39.0 Å². The lowest BCUT2D eigenvalue weighted by atomic mass is 10.1. The number of nitrogens with zero attached hydrogens (tertiary/aromatic N) is 2. The van der Waals surface area contributed by atoms with E-state index in [4.69, 9.17) is 0 Å². The van der Waals surface area contributed by atoms with Crippen LogP contribution in [0.5, 0.6) is 0 Å². The summed E-state index contributed by atoms with van der Waals surface area (Å²) in [6, 6.07) is 0. The highest BCUT2D eigenvalue weighted by atomic mass is 16.2. The largest absolute Gasteiger partial charge is 0.343 e. The molecule has 2 amide bonds. The molecule has 0 bridgehead atoms. The summed E-state index contributed by atoms with van der Waals surface area (Å²) < 4.78 is 0. The van der Waals surface area contributed by atoms with Crippen LogP contribution in [0.3, 0.4) is 0 Å². The van der Waals surface area contributed by atoms with Gasteiger partial charge in [-0.2, -0.15) is 0 Å². The van der Waals surface area contributed by atoms with Gasteiger partial charge in [0.15, 0.2) is 0 Å². The van der Waals surface area contributed by atoms with E-state index in [-0.39, 0.29) is 5.91 Å². The number of hydrogen-bond acceptors (Lipinski definition) is 2. The van der Waals surface area contributed by atoms with Crippen molar-refractivity contribution >= 4 is 11.8 Å². The topological polar surface area (TPSA) is 40.6 Å². The van der Waals surface area contributed by atoms with Crippen LogP contribution in [-0.2, 0) is 9.59 Å². The van der Waals surface area contributed by atoms with Crippen LogP contribution in [-0.4, -0.2) is 47.8 Å². The first-order chi connectivity index (χ1) is 13.2. The third kappa shape index (κ3) is 11.2. The van der Waals surface area contributed by atoms with Gasteiger partial charge in [0.05, 0.1) is 0 Å². The second-order valence-corrected chi connectivity index (χ2v) is 7.90. The number of unbranched alkanes of at least 4 members (excludes halogenated alkanes) is 9. The minimum absolute atomic E-state index is 0.273. The van der Waals surface area contributed by atoms with E-state index in [1.807, 2.05) is 9.80 Å². The average Bonchev–Trinajstić information content (AvgIpc) is 3.26. The monoisotopic (exact) mass is 378 g/mol. The van der Waals surface area contributed by atoms with Gasteiger partial charge in [-0.15, -0.1) is 6.58 Å². The van der Waals surface area contributed by atoms with E-state index in [0.717, 1.165) is 51.9 Å². The van der Waals surface area contributed by atoms with Gasteiger partial charge in [-0.1, -0.05) is 70.8 Å². The summed E-state index contributed by atoms with van der Waals surface area (Å²) in [5.41, 5.74) is 0. The van der Waals surface area contributed by atoms with Gasteiger partial charge in [-0.05, 0) is 19.3 Å². The zero-order valence-electron chi connectivity index (χ0n) is 17.7. The van der Waals surface area contributed by atoms with E-state index >= 15 is 0 Å². The van der Waals surface area contributed by atoms with Gasteiger partial charge in [0.25, 0.3) is 0 Å². The fraction of sp³-hybridized carbons (Fsp3) is 0.826. The predicted octanol–water partition coefficient (Wildman–Crippen LogP) is 5.32. The molecule has 0 unspecified atom stereocenters. The van der Waals surface area contributed by atoms with Crippen molar-refractivity contribution in [1.82, 2.24) is 9.80 Å². The molecule has 2 fully saturated rings. The maximum Gasteiger partial charge on any atom is 0.222 e. The van der Waals surface area contributed by atoms with Gasteiger partial charge < -0.3 is 9.80 Å². The van der Waals surface area contributed by atoms with Crippen LogP contribution in [0.15, 0.2) is 12.7 Å². The zero-order chi connectivity index (χ0) is 19.7. The molecule has 27 heavy (non-hydrogen) atoms. The normalized spacial score (nSPS) is 16.6. The Morgan fingerprint density at radius 3 is 1.70 bits per heavy atom. The molecule has 2 saturated heterocycles. The summed E-state index contributed by atoms with van der Waals surface area (Å²) >= 11 is 0. The summed E-state index contributed by atoms with van der Waals surface area (Å²) in [5, 5.41) is 0.